The Morgan fingerprint density at radius 2 is 1.62 bits per heavy atom. The van der Waals surface area contributed by atoms with Crippen LogP contribution in [0.25, 0.3) is 0 Å². The number of benzene rings is 3. The second-order valence-electron chi connectivity index (χ2n) is 7.57. The Morgan fingerprint density at radius 3 is 2.32 bits per heavy atom. The monoisotopic (exact) mass is 458 g/mol. The van der Waals surface area contributed by atoms with Crippen LogP contribution in [0.15, 0.2) is 77.9 Å². The Bertz CT molecular complexity index is 1180. The Balaban J connectivity index is 1.40. The molecule has 0 aliphatic carbocycles. The number of carbonyl (C=O) groups is 3. The molecule has 0 radical (unpaired) electrons. The number of ether oxygens (including phenoxy) is 1. The molecule has 0 saturated heterocycles. The van der Waals surface area contributed by atoms with Gasteiger partial charge in [-0.1, -0.05) is 36.4 Å². The Kier molecular flexibility index (Phi) is 8.51. The normalized spacial score (nSPS) is 10.5. The molecule has 0 aromatic heterocycles. The topological polar surface area (TPSA) is 109 Å². The van der Waals surface area contributed by atoms with Crippen LogP contribution in [0.3, 0.4) is 0 Å². The lowest BCUT2D eigenvalue weighted by molar-refractivity contribution is -0.136. The molecule has 8 nitrogen and oxygen atoms in total. The zero-order chi connectivity index (χ0) is 24.3. The van der Waals surface area contributed by atoms with Gasteiger partial charge in [0.25, 0.3) is 5.91 Å². The molecule has 0 aliphatic heterocycles. The van der Waals surface area contributed by atoms with E-state index in [1.807, 2.05) is 50.2 Å². The molecule has 0 unspecified atom stereocenters. The predicted octanol–water partition coefficient (Wildman–Crippen LogP) is 3.09. The molecule has 0 spiro atoms. The molecule has 0 aliphatic rings. The number of hydrogen-bond donors (Lipinski definition) is 3. The van der Waals surface area contributed by atoms with Crippen molar-refractivity contribution in [2.24, 2.45) is 5.10 Å². The van der Waals surface area contributed by atoms with Gasteiger partial charge in [-0.25, -0.2) is 5.43 Å². The van der Waals surface area contributed by atoms with Gasteiger partial charge >= 0.3 is 11.8 Å². The first-order valence-electron chi connectivity index (χ1n) is 10.7. The fourth-order valence-electron chi connectivity index (χ4n) is 2.87. The first kappa shape index (κ1) is 24.2. The number of rotatable bonds is 8. The van der Waals surface area contributed by atoms with Gasteiger partial charge in [0, 0.05) is 12.2 Å². The van der Waals surface area contributed by atoms with Crippen molar-refractivity contribution in [2.45, 2.75) is 20.4 Å². The van der Waals surface area contributed by atoms with Gasteiger partial charge in [0.05, 0.1) is 6.21 Å². The number of nitrogens with one attached hydrogen (secondary N) is 3. The summed E-state index contributed by atoms with van der Waals surface area (Å²) in [4.78, 5) is 35.9. The van der Waals surface area contributed by atoms with E-state index < -0.39 is 11.8 Å². The SMILES string of the molecule is Cc1ccc(NC(=O)C(=O)N/N=C\c2ccc(OCC(=O)NCc3ccccc3)cc2)cc1C. The van der Waals surface area contributed by atoms with Gasteiger partial charge < -0.3 is 15.4 Å². The van der Waals surface area contributed by atoms with Crippen molar-refractivity contribution in [3.63, 3.8) is 0 Å². The lowest BCUT2D eigenvalue weighted by atomic mass is 10.1. The predicted molar refractivity (Wildman–Crippen MR) is 131 cm³/mol. The maximum Gasteiger partial charge on any atom is 0.329 e. The minimum Gasteiger partial charge on any atom is -0.484 e. The Hall–Kier alpha value is -4.46. The highest BCUT2D eigenvalue weighted by molar-refractivity contribution is 6.39. The summed E-state index contributed by atoms with van der Waals surface area (Å²) < 4.78 is 5.48. The zero-order valence-electron chi connectivity index (χ0n) is 19.0. The number of anilines is 1. The highest BCUT2D eigenvalue weighted by Gasteiger charge is 2.13. The molecule has 0 saturated carbocycles. The lowest BCUT2D eigenvalue weighted by Crippen LogP contribution is -2.32. The summed E-state index contributed by atoms with van der Waals surface area (Å²) in [6.07, 6.45) is 1.40. The fourth-order valence-corrected chi connectivity index (χ4v) is 2.87. The molecular weight excluding hydrogens is 432 g/mol. The molecular formula is C26H26N4O4. The largest absolute Gasteiger partial charge is 0.484 e. The Morgan fingerprint density at radius 1 is 0.882 bits per heavy atom. The van der Waals surface area contributed by atoms with E-state index in [4.69, 9.17) is 4.74 Å². The molecule has 0 fully saturated rings. The third-order valence-electron chi connectivity index (χ3n) is 4.93. The molecule has 3 amide bonds. The smallest absolute Gasteiger partial charge is 0.329 e. The van der Waals surface area contributed by atoms with Crippen molar-refractivity contribution < 1.29 is 19.1 Å². The summed E-state index contributed by atoms with van der Waals surface area (Å²) in [5.74, 6) is -1.40. The van der Waals surface area contributed by atoms with E-state index in [2.05, 4.69) is 21.2 Å². The average Bonchev–Trinajstić information content (AvgIpc) is 2.85. The van der Waals surface area contributed by atoms with Crippen LogP contribution in [0.1, 0.15) is 22.3 Å². The van der Waals surface area contributed by atoms with Gasteiger partial charge in [-0.3, -0.25) is 14.4 Å². The van der Waals surface area contributed by atoms with Gasteiger partial charge in [0.2, 0.25) is 0 Å². The van der Waals surface area contributed by atoms with Crippen LogP contribution >= 0.6 is 0 Å². The number of hydrogen-bond acceptors (Lipinski definition) is 5. The van der Waals surface area contributed by atoms with Crippen molar-refractivity contribution in [3.05, 3.63) is 95.1 Å². The van der Waals surface area contributed by atoms with Gasteiger partial charge in [-0.05, 0) is 72.5 Å². The molecule has 3 aromatic rings. The summed E-state index contributed by atoms with van der Waals surface area (Å²) in [7, 11) is 0. The fraction of sp³-hybridized carbons (Fsp3) is 0.154. The highest BCUT2D eigenvalue weighted by atomic mass is 16.5. The number of aryl methyl sites for hydroxylation is 2. The highest BCUT2D eigenvalue weighted by Crippen LogP contribution is 2.14. The molecule has 0 bridgehead atoms. The standard InChI is InChI=1S/C26H26N4O4/c1-18-8-11-22(14-19(18)2)29-25(32)26(33)30-28-16-21-9-12-23(13-10-21)34-17-24(31)27-15-20-6-4-3-5-7-20/h3-14,16H,15,17H2,1-2H3,(H,27,31)(H,29,32)(H,30,33)/b28-16-. The first-order valence-corrected chi connectivity index (χ1v) is 10.7. The van der Waals surface area contributed by atoms with Gasteiger partial charge in [0.1, 0.15) is 5.75 Å². The van der Waals surface area contributed by atoms with E-state index in [0.717, 1.165) is 16.7 Å². The summed E-state index contributed by atoms with van der Waals surface area (Å²) in [6.45, 7) is 4.22. The second-order valence-corrected chi connectivity index (χ2v) is 7.57. The van der Waals surface area contributed by atoms with E-state index in [1.54, 1.807) is 36.4 Å². The molecule has 3 aromatic carbocycles. The van der Waals surface area contributed by atoms with Crippen LogP contribution in [-0.2, 0) is 20.9 Å². The number of nitrogens with zero attached hydrogens (tertiary/aromatic N) is 1. The van der Waals surface area contributed by atoms with Crippen LogP contribution < -0.4 is 20.8 Å². The van der Waals surface area contributed by atoms with E-state index in [1.165, 1.54) is 6.21 Å². The molecule has 8 heteroatoms. The quantitative estimate of drug-likeness (QED) is 0.274. The summed E-state index contributed by atoms with van der Waals surface area (Å²) in [6, 6.07) is 21.8. The summed E-state index contributed by atoms with van der Waals surface area (Å²) in [5.41, 5.74) is 6.52. The maximum atomic E-state index is 12.0. The molecule has 174 valence electrons. The number of carbonyl (C=O) groups excluding carboxylic acids is 3. The van der Waals surface area contributed by atoms with E-state index in [9.17, 15) is 14.4 Å². The lowest BCUT2D eigenvalue weighted by Gasteiger charge is -2.08. The van der Waals surface area contributed by atoms with Crippen LogP contribution in [0.5, 0.6) is 5.75 Å². The molecule has 34 heavy (non-hydrogen) atoms. The van der Waals surface area contributed by atoms with Crippen molar-refractivity contribution in [1.29, 1.82) is 0 Å². The van der Waals surface area contributed by atoms with Crippen molar-refractivity contribution in [1.82, 2.24) is 10.7 Å². The molecule has 0 heterocycles. The van der Waals surface area contributed by atoms with Crippen molar-refractivity contribution >= 4 is 29.6 Å². The second kappa shape index (κ2) is 12.0. The van der Waals surface area contributed by atoms with Gasteiger partial charge in [0.15, 0.2) is 6.61 Å². The first-order chi connectivity index (χ1) is 16.4. The third-order valence-corrected chi connectivity index (χ3v) is 4.93. The maximum absolute atomic E-state index is 12.0. The van der Waals surface area contributed by atoms with Gasteiger partial charge in [-0.2, -0.15) is 5.10 Å². The van der Waals surface area contributed by atoms with Crippen molar-refractivity contribution in [2.75, 3.05) is 11.9 Å². The van der Waals surface area contributed by atoms with Crippen LogP contribution in [0.4, 0.5) is 5.69 Å². The number of amides is 3. The summed E-state index contributed by atoms with van der Waals surface area (Å²) >= 11 is 0. The van der Waals surface area contributed by atoms with Crippen LogP contribution in [0, 0.1) is 13.8 Å². The number of hydrazone groups is 1. The Labute approximate surface area is 198 Å². The average molecular weight is 459 g/mol. The van der Waals surface area contributed by atoms with E-state index >= 15 is 0 Å². The minimum absolute atomic E-state index is 0.105. The van der Waals surface area contributed by atoms with Gasteiger partial charge in [-0.15, -0.1) is 0 Å². The van der Waals surface area contributed by atoms with E-state index in [0.29, 0.717) is 23.5 Å². The van der Waals surface area contributed by atoms with Crippen LogP contribution in [-0.4, -0.2) is 30.5 Å². The van der Waals surface area contributed by atoms with Crippen molar-refractivity contribution in [3.8, 4) is 5.75 Å². The molecule has 3 N–H and O–H groups in total. The molecule has 0 atom stereocenters. The third kappa shape index (κ3) is 7.59. The van der Waals surface area contributed by atoms with E-state index in [-0.39, 0.29) is 12.5 Å². The minimum atomic E-state index is -0.879. The molecule has 3 rings (SSSR count). The zero-order valence-corrected chi connectivity index (χ0v) is 19.0. The van der Waals surface area contributed by atoms with Crippen LogP contribution in [0.2, 0.25) is 0 Å². The summed E-state index contributed by atoms with van der Waals surface area (Å²) in [5, 5.41) is 9.13.